The zero-order chi connectivity index (χ0) is 21.2. The van der Waals surface area contributed by atoms with E-state index in [4.69, 9.17) is 5.10 Å². The van der Waals surface area contributed by atoms with Crippen LogP contribution < -0.4 is 0 Å². The van der Waals surface area contributed by atoms with Crippen molar-refractivity contribution >= 4 is 16.9 Å². The molecule has 5 rings (SSSR count). The van der Waals surface area contributed by atoms with Gasteiger partial charge >= 0.3 is 0 Å². The highest BCUT2D eigenvalue weighted by atomic mass is 16.2. The van der Waals surface area contributed by atoms with Crippen molar-refractivity contribution in [1.82, 2.24) is 24.6 Å². The normalized spacial score (nSPS) is 11.0. The molecule has 3 aromatic carbocycles. The van der Waals surface area contributed by atoms with Gasteiger partial charge in [-0.05, 0) is 30.3 Å². The van der Waals surface area contributed by atoms with Crippen molar-refractivity contribution in [3.05, 3.63) is 103 Å². The maximum atomic E-state index is 13.1. The summed E-state index contributed by atoms with van der Waals surface area (Å²) >= 11 is 0. The molecule has 0 aliphatic carbocycles. The topological polar surface area (TPSA) is 66.8 Å². The van der Waals surface area contributed by atoms with Crippen LogP contribution in [0.5, 0.6) is 0 Å². The van der Waals surface area contributed by atoms with Crippen molar-refractivity contribution in [3.63, 3.8) is 0 Å². The summed E-state index contributed by atoms with van der Waals surface area (Å²) in [5, 5.41) is 4.84. The number of benzene rings is 3. The Morgan fingerprint density at radius 1 is 1.00 bits per heavy atom. The summed E-state index contributed by atoms with van der Waals surface area (Å²) in [7, 11) is 1.81. The highest BCUT2D eigenvalue weighted by Gasteiger charge is 2.18. The van der Waals surface area contributed by atoms with Crippen molar-refractivity contribution in [2.75, 3.05) is 7.05 Å². The molecular formula is C25H21N5O. The van der Waals surface area contributed by atoms with Crippen LogP contribution in [0.1, 0.15) is 15.9 Å². The molecule has 0 fully saturated rings. The van der Waals surface area contributed by atoms with Gasteiger partial charge in [0, 0.05) is 36.5 Å². The second-order valence-electron chi connectivity index (χ2n) is 7.44. The molecule has 0 aliphatic rings. The standard InChI is InChI=1S/C25H21N5O/c1-29(25(31)19-12-13-22-23(14-19)27-17-26-22)15-20-16-30(21-10-6-3-7-11-21)28-24(20)18-8-4-2-5-9-18/h2-14,16-17H,15H2,1H3,(H,26,27). The predicted octanol–water partition coefficient (Wildman–Crippen LogP) is 4.69. The maximum absolute atomic E-state index is 13.1. The minimum Gasteiger partial charge on any atom is -0.345 e. The molecule has 0 bridgehead atoms. The number of para-hydroxylation sites is 1. The SMILES string of the molecule is CN(Cc1cn(-c2ccccc2)nc1-c1ccccc1)C(=O)c1ccc2nc[nH]c2c1. The largest absolute Gasteiger partial charge is 0.345 e. The van der Waals surface area contributed by atoms with Gasteiger partial charge in [-0.3, -0.25) is 4.79 Å². The summed E-state index contributed by atoms with van der Waals surface area (Å²) in [6.07, 6.45) is 3.63. The molecule has 6 nitrogen and oxygen atoms in total. The van der Waals surface area contributed by atoms with Crippen LogP contribution in [0.15, 0.2) is 91.4 Å². The van der Waals surface area contributed by atoms with Crippen LogP contribution in [0.3, 0.4) is 0 Å². The first-order valence-electron chi connectivity index (χ1n) is 10.1. The Kier molecular flexibility index (Phi) is 4.80. The van der Waals surface area contributed by atoms with E-state index in [0.717, 1.165) is 33.5 Å². The van der Waals surface area contributed by atoms with Gasteiger partial charge in [0.2, 0.25) is 0 Å². The fraction of sp³-hybridized carbons (Fsp3) is 0.0800. The van der Waals surface area contributed by atoms with E-state index in [1.807, 2.05) is 96.8 Å². The smallest absolute Gasteiger partial charge is 0.253 e. The fourth-order valence-electron chi connectivity index (χ4n) is 3.69. The summed E-state index contributed by atoms with van der Waals surface area (Å²) in [5.74, 6) is -0.0528. The van der Waals surface area contributed by atoms with Crippen LogP contribution in [0.2, 0.25) is 0 Å². The molecular weight excluding hydrogens is 386 g/mol. The number of fused-ring (bicyclic) bond motifs is 1. The average molecular weight is 407 g/mol. The zero-order valence-electron chi connectivity index (χ0n) is 17.1. The van der Waals surface area contributed by atoms with Crippen molar-refractivity contribution in [1.29, 1.82) is 0 Å². The molecule has 0 saturated carbocycles. The molecule has 5 aromatic rings. The number of hydrogen-bond acceptors (Lipinski definition) is 3. The van der Waals surface area contributed by atoms with Gasteiger partial charge in [0.25, 0.3) is 5.91 Å². The number of aromatic amines is 1. The zero-order valence-corrected chi connectivity index (χ0v) is 17.1. The van der Waals surface area contributed by atoms with Gasteiger partial charge in [0.05, 0.1) is 28.7 Å². The van der Waals surface area contributed by atoms with Gasteiger partial charge in [-0.2, -0.15) is 5.10 Å². The van der Waals surface area contributed by atoms with Gasteiger partial charge in [-0.15, -0.1) is 0 Å². The Bertz CT molecular complexity index is 1340. The van der Waals surface area contributed by atoms with Crippen molar-refractivity contribution in [2.45, 2.75) is 6.54 Å². The summed E-state index contributed by atoms with van der Waals surface area (Å²) in [4.78, 5) is 22.1. The van der Waals surface area contributed by atoms with Crippen LogP contribution in [-0.4, -0.2) is 37.6 Å². The number of H-pyrrole nitrogens is 1. The van der Waals surface area contributed by atoms with Crippen LogP contribution in [0.4, 0.5) is 0 Å². The minimum atomic E-state index is -0.0528. The summed E-state index contributed by atoms with van der Waals surface area (Å²) in [6.45, 7) is 0.441. The third-order valence-corrected chi connectivity index (χ3v) is 5.28. The molecule has 0 radical (unpaired) electrons. The highest BCUT2D eigenvalue weighted by molar-refractivity contribution is 5.97. The lowest BCUT2D eigenvalue weighted by atomic mass is 10.1. The maximum Gasteiger partial charge on any atom is 0.253 e. The number of rotatable bonds is 5. The predicted molar refractivity (Wildman–Crippen MR) is 121 cm³/mol. The molecule has 1 amide bonds. The molecule has 0 saturated heterocycles. The number of carbonyl (C=O) groups is 1. The lowest BCUT2D eigenvalue weighted by Gasteiger charge is -2.17. The minimum absolute atomic E-state index is 0.0528. The number of nitrogens with zero attached hydrogens (tertiary/aromatic N) is 4. The van der Waals surface area contributed by atoms with Gasteiger partial charge < -0.3 is 9.88 Å². The molecule has 31 heavy (non-hydrogen) atoms. The number of hydrogen-bond donors (Lipinski definition) is 1. The summed E-state index contributed by atoms with van der Waals surface area (Å²) < 4.78 is 1.87. The van der Waals surface area contributed by atoms with E-state index in [9.17, 15) is 4.79 Å². The fourth-order valence-corrected chi connectivity index (χ4v) is 3.69. The van der Waals surface area contributed by atoms with Crippen LogP contribution in [0.25, 0.3) is 28.0 Å². The third-order valence-electron chi connectivity index (χ3n) is 5.28. The van der Waals surface area contributed by atoms with E-state index < -0.39 is 0 Å². The molecule has 2 heterocycles. The van der Waals surface area contributed by atoms with E-state index in [2.05, 4.69) is 9.97 Å². The van der Waals surface area contributed by atoms with E-state index in [0.29, 0.717) is 12.1 Å². The lowest BCUT2D eigenvalue weighted by molar-refractivity contribution is 0.0785. The first kappa shape index (κ1) is 18.8. The molecule has 152 valence electrons. The Hall–Kier alpha value is -4.19. The lowest BCUT2D eigenvalue weighted by Crippen LogP contribution is -2.26. The summed E-state index contributed by atoms with van der Waals surface area (Å²) in [6, 6.07) is 25.5. The van der Waals surface area contributed by atoms with Crippen LogP contribution in [-0.2, 0) is 6.54 Å². The van der Waals surface area contributed by atoms with Crippen LogP contribution in [0, 0.1) is 0 Å². The van der Waals surface area contributed by atoms with E-state index in [1.54, 1.807) is 11.2 Å². The van der Waals surface area contributed by atoms with E-state index in [1.165, 1.54) is 0 Å². The molecule has 0 spiro atoms. The first-order chi connectivity index (χ1) is 15.2. The number of amides is 1. The van der Waals surface area contributed by atoms with E-state index >= 15 is 0 Å². The number of aromatic nitrogens is 4. The third kappa shape index (κ3) is 3.71. The first-order valence-corrected chi connectivity index (χ1v) is 10.1. The number of nitrogens with one attached hydrogen (secondary N) is 1. The van der Waals surface area contributed by atoms with Crippen molar-refractivity contribution in [3.8, 4) is 16.9 Å². The number of imidazole rings is 1. The Labute approximate surface area is 179 Å². The quantitative estimate of drug-likeness (QED) is 0.460. The Morgan fingerprint density at radius 3 is 2.52 bits per heavy atom. The molecule has 0 unspecified atom stereocenters. The van der Waals surface area contributed by atoms with Crippen molar-refractivity contribution in [2.24, 2.45) is 0 Å². The Balaban J connectivity index is 1.48. The molecule has 0 aliphatic heterocycles. The van der Waals surface area contributed by atoms with Gasteiger partial charge in [-0.1, -0.05) is 48.5 Å². The summed E-state index contributed by atoms with van der Waals surface area (Å²) in [5.41, 5.74) is 6.16. The van der Waals surface area contributed by atoms with E-state index in [-0.39, 0.29) is 5.91 Å². The van der Waals surface area contributed by atoms with Gasteiger partial charge in [0.1, 0.15) is 0 Å². The second-order valence-corrected chi connectivity index (χ2v) is 7.44. The molecule has 6 heteroatoms. The highest BCUT2D eigenvalue weighted by Crippen LogP contribution is 2.25. The number of carbonyl (C=O) groups excluding carboxylic acids is 1. The Morgan fingerprint density at radius 2 is 1.74 bits per heavy atom. The van der Waals surface area contributed by atoms with Gasteiger partial charge in [0.15, 0.2) is 0 Å². The monoisotopic (exact) mass is 407 g/mol. The molecule has 0 atom stereocenters. The second kappa shape index (κ2) is 7.91. The molecule has 2 aromatic heterocycles. The average Bonchev–Trinajstić information content (AvgIpc) is 3.46. The molecule has 1 N–H and O–H groups in total. The van der Waals surface area contributed by atoms with Gasteiger partial charge in [-0.25, -0.2) is 9.67 Å². The van der Waals surface area contributed by atoms with Crippen molar-refractivity contribution < 1.29 is 4.79 Å². The van der Waals surface area contributed by atoms with Crippen LogP contribution >= 0.6 is 0 Å².